The van der Waals surface area contributed by atoms with Crippen molar-refractivity contribution in [3.63, 3.8) is 0 Å². The van der Waals surface area contributed by atoms with E-state index in [2.05, 4.69) is 9.97 Å². The molecule has 59 heavy (non-hydrogen) atoms. The molecule has 2 aromatic rings. The van der Waals surface area contributed by atoms with Crippen LogP contribution in [0.15, 0.2) is 31.6 Å². The van der Waals surface area contributed by atoms with Crippen LogP contribution in [0.4, 0.5) is 0 Å². The van der Waals surface area contributed by atoms with Gasteiger partial charge in [0.1, 0.15) is 30.8 Å². The van der Waals surface area contributed by atoms with Crippen molar-refractivity contribution in [2.24, 2.45) is 0 Å². The minimum Gasteiger partial charge on any atom is -0.394 e. The highest BCUT2D eigenvalue weighted by molar-refractivity contribution is 7.52. The maximum absolute atomic E-state index is 12.8. The molecule has 2 fully saturated rings. The van der Waals surface area contributed by atoms with E-state index < -0.39 is 88.0 Å². The normalized spacial score (nSPS) is 24.0. The van der Waals surface area contributed by atoms with Crippen LogP contribution in [-0.2, 0) is 32.2 Å². The van der Waals surface area contributed by atoms with E-state index >= 15 is 0 Å². The predicted octanol–water partition coefficient (Wildman–Crippen LogP) is 4.58. The second kappa shape index (κ2) is 24.2. The van der Waals surface area contributed by atoms with Crippen molar-refractivity contribution in [3.05, 3.63) is 65.2 Å². The standard InChI is InChI=1S/C38H64N4O15P2/c1-27-23-41(37(47)39-35(27)45)33-21-29(31(25-43)54-33)56-58(49,50)20-18-16-14-12-10-8-6-4-3-5-7-9-11-13-15-17-19-53-59(51,52)57-30-22-34(55-32(30)26-44)42-24-28(2)36(46)40-38(42)48/h23-24,29-34,43-44H,3-22,25-26H2,1-2H3,(H,49,50)(H,51,52)(H,39,45,47)(H,40,46,48)/t29-,30-,31+,32+,33+,34+/m0/s1. The molecule has 2 aliphatic rings. The van der Waals surface area contributed by atoms with Crippen molar-refractivity contribution in [3.8, 4) is 0 Å². The van der Waals surface area contributed by atoms with E-state index in [0.717, 1.165) is 62.4 Å². The Hall–Kier alpha value is -2.54. The van der Waals surface area contributed by atoms with Crippen LogP contribution in [0.3, 0.4) is 0 Å². The minimum absolute atomic E-state index is 0.000492. The van der Waals surface area contributed by atoms with Crippen LogP contribution in [0.2, 0.25) is 0 Å². The molecule has 21 heteroatoms. The van der Waals surface area contributed by atoms with Gasteiger partial charge in [0.05, 0.1) is 25.9 Å². The van der Waals surface area contributed by atoms with Gasteiger partial charge in [-0.3, -0.25) is 42.3 Å². The van der Waals surface area contributed by atoms with E-state index in [0.29, 0.717) is 24.0 Å². The fraction of sp³-hybridized carbons (Fsp3) is 0.789. The molecule has 0 amide bonds. The van der Waals surface area contributed by atoms with Crippen molar-refractivity contribution in [2.45, 2.75) is 166 Å². The lowest BCUT2D eigenvalue weighted by Gasteiger charge is -2.20. The number of phosphoric acid groups is 1. The van der Waals surface area contributed by atoms with Gasteiger partial charge in [0.25, 0.3) is 11.1 Å². The molecule has 0 spiro atoms. The quantitative estimate of drug-likeness (QED) is 0.0505. The summed E-state index contributed by atoms with van der Waals surface area (Å²) in [5.41, 5.74) is -1.78. The minimum atomic E-state index is -4.44. The molecule has 0 aliphatic carbocycles. The Morgan fingerprint density at radius 3 is 1.41 bits per heavy atom. The lowest BCUT2D eigenvalue weighted by molar-refractivity contribution is -0.0464. The number of unbranched alkanes of at least 4 members (excludes halogenated alkanes) is 15. The van der Waals surface area contributed by atoms with Gasteiger partial charge >= 0.3 is 26.8 Å². The summed E-state index contributed by atoms with van der Waals surface area (Å²) in [5, 5.41) is 19.4. The van der Waals surface area contributed by atoms with E-state index in [1.54, 1.807) is 6.92 Å². The van der Waals surface area contributed by atoms with Crippen LogP contribution in [0.25, 0.3) is 0 Å². The summed E-state index contributed by atoms with van der Waals surface area (Å²) >= 11 is 0. The van der Waals surface area contributed by atoms with Gasteiger partial charge in [0.15, 0.2) is 0 Å². The van der Waals surface area contributed by atoms with E-state index in [4.69, 9.17) is 23.0 Å². The fourth-order valence-corrected chi connectivity index (χ4v) is 9.78. The number of hydrogen-bond acceptors (Lipinski definition) is 13. The Kier molecular flexibility index (Phi) is 20.1. The molecule has 2 saturated heterocycles. The second-order valence-electron chi connectivity index (χ2n) is 15.7. The summed E-state index contributed by atoms with van der Waals surface area (Å²) in [7, 11) is -8.38. The van der Waals surface area contributed by atoms with Crippen LogP contribution >= 0.6 is 15.4 Å². The van der Waals surface area contributed by atoms with Crippen LogP contribution in [0.5, 0.6) is 0 Å². The monoisotopic (exact) mass is 878 g/mol. The molecule has 0 bridgehead atoms. The molecule has 0 saturated carbocycles. The molecule has 4 heterocycles. The van der Waals surface area contributed by atoms with Crippen LogP contribution in [0.1, 0.15) is 139 Å². The zero-order chi connectivity index (χ0) is 43.0. The van der Waals surface area contributed by atoms with E-state index in [1.165, 1.54) is 56.0 Å². The molecule has 4 rings (SSSR count). The molecule has 0 radical (unpaired) electrons. The zero-order valence-electron chi connectivity index (χ0n) is 34.2. The van der Waals surface area contributed by atoms with Gasteiger partial charge in [0.2, 0.25) is 0 Å². The molecular weight excluding hydrogens is 814 g/mol. The first-order valence-corrected chi connectivity index (χ1v) is 24.2. The number of ether oxygens (including phenoxy) is 2. The molecule has 0 aromatic carbocycles. The number of aliphatic hydroxyl groups excluding tert-OH is 2. The van der Waals surface area contributed by atoms with E-state index in [9.17, 15) is 48.3 Å². The number of aliphatic hydroxyl groups is 2. The highest BCUT2D eigenvalue weighted by Gasteiger charge is 2.42. The highest BCUT2D eigenvalue weighted by Crippen LogP contribution is 2.49. The van der Waals surface area contributed by atoms with Crippen molar-refractivity contribution >= 4 is 15.4 Å². The number of nitrogens with one attached hydrogen (secondary N) is 2. The van der Waals surface area contributed by atoms with Crippen LogP contribution in [0, 0.1) is 13.8 Å². The maximum Gasteiger partial charge on any atom is 0.472 e. The lowest BCUT2D eigenvalue weighted by Crippen LogP contribution is -2.33. The summed E-state index contributed by atoms with van der Waals surface area (Å²) < 4.78 is 55.1. The third kappa shape index (κ3) is 16.0. The first-order valence-electron chi connectivity index (χ1n) is 21.0. The average molecular weight is 879 g/mol. The SMILES string of the molecule is Cc1cn([C@H]2C[C@H](OP(=O)(O)CCCCCCCCCCCCCCCCCCOP(=O)(O)O[C@H]3C[C@H](n4cc(C)c(=O)[nH]c4=O)O[C@@H]3CO)[C@@H](CO)O2)c(=O)[nH]c1=O. The van der Waals surface area contributed by atoms with Crippen molar-refractivity contribution in [2.75, 3.05) is 26.0 Å². The number of phosphoric ester groups is 1. The zero-order valence-corrected chi connectivity index (χ0v) is 36.0. The fourth-order valence-electron chi connectivity index (χ4n) is 7.43. The van der Waals surface area contributed by atoms with Crippen LogP contribution < -0.4 is 22.5 Å². The highest BCUT2D eigenvalue weighted by atomic mass is 31.2. The average Bonchev–Trinajstić information content (AvgIpc) is 3.77. The van der Waals surface area contributed by atoms with Gasteiger partial charge < -0.3 is 34.0 Å². The largest absolute Gasteiger partial charge is 0.472 e. The topological polar surface area (TPSA) is 271 Å². The number of nitrogens with zero attached hydrogens (tertiary/aromatic N) is 2. The second-order valence-corrected chi connectivity index (χ2v) is 19.0. The third-order valence-corrected chi connectivity index (χ3v) is 13.3. The Bertz CT molecular complexity index is 1800. The maximum atomic E-state index is 12.8. The molecule has 8 atom stereocenters. The summed E-state index contributed by atoms with van der Waals surface area (Å²) in [4.78, 5) is 73.0. The van der Waals surface area contributed by atoms with Gasteiger partial charge in [-0.25, -0.2) is 14.2 Å². The molecule has 19 nitrogen and oxygen atoms in total. The number of aromatic nitrogens is 4. The lowest BCUT2D eigenvalue weighted by atomic mass is 10.0. The number of aromatic amines is 2. The molecule has 6 N–H and O–H groups in total. The Balaban J connectivity index is 0.940. The molecule has 2 unspecified atom stereocenters. The third-order valence-electron chi connectivity index (χ3n) is 10.8. The number of aryl methyl sites for hydroxylation is 2. The molecular formula is C38H64N4O15P2. The van der Waals surface area contributed by atoms with Crippen molar-refractivity contribution < 1.29 is 52.2 Å². The number of H-pyrrole nitrogens is 2. The molecule has 2 aliphatic heterocycles. The van der Waals surface area contributed by atoms with Crippen LogP contribution in [-0.4, -0.2) is 89.5 Å². The van der Waals surface area contributed by atoms with E-state index in [1.807, 2.05) is 0 Å². The molecule has 2 aromatic heterocycles. The summed E-state index contributed by atoms with van der Waals surface area (Å²) in [5.74, 6) is 0. The molecule has 336 valence electrons. The Morgan fingerprint density at radius 2 is 1.00 bits per heavy atom. The first kappa shape index (κ1) is 49.1. The van der Waals surface area contributed by atoms with Gasteiger partial charge in [-0.05, 0) is 26.7 Å². The van der Waals surface area contributed by atoms with Crippen molar-refractivity contribution in [1.82, 2.24) is 19.1 Å². The van der Waals surface area contributed by atoms with E-state index in [-0.39, 0.29) is 25.6 Å². The number of rotatable bonds is 28. The van der Waals surface area contributed by atoms with Gasteiger partial charge in [-0.15, -0.1) is 0 Å². The number of hydrogen-bond donors (Lipinski definition) is 6. The Labute approximate surface area is 343 Å². The van der Waals surface area contributed by atoms with Crippen molar-refractivity contribution in [1.29, 1.82) is 0 Å². The summed E-state index contributed by atoms with van der Waals surface area (Å²) in [6.45, 7) is 2.19. The van der Waals surface area contributed by atoms with Gasteiger partial charge in [0, 0.05) is 42.5 Å². The summed E-state index contributed by atoms with van der Waals surface area (Å²) in [6.07, 6.45) is 13.6. The summed E-state index contributed by atoms with van der Waals surface area (Å²) in [6, 6.07) is 0. The predicted molar refractivity (Wildman–Crippen MR) is 217 cm³/mol. The first-order chi connectivity index (χ1) is 28.1. The van der Waals surface area contributed by atoms with Gasteiger partial charge in [-0.1, -0.05) is 89.9 Å². The smallest absolute Gasteiger partial charge is 0.394 e. The Morgan fingerprint density at radius 1 is 0.627 bits per heavy atom. The van der Waals surface area contributed by atoms with Gasteiger partial charge in [-0.2, -0.15) is 0 Å².